The molecule has 2 N–H and O–H groups in total. The Kier molecular flexibility index (Phi) is 2.46. The zero-order valence-corrected chi connectivity index (χ0v) is 7.03. The second kappa shape index (κ2) is 3.38. The summed E-state index contributed by atoms with van der Waals surface area (Å²) in [6.45, 7) is 1.07. The van der Waals surface area contributed by atoms with Gasteiger partial charge in [-0.15, -0.1) is 0 Å². The largest absolute Gasteiger partial charge is 0.407 e. The predicted molar refractivity (Wildman–Crippen MR) is 43.4 cm³/mol. The number of halogens is 1. The van der Waals surface area contributed by atoms with Gasteiger partial charge in [0.25, 0.3) is 5.85 Å². The summed E-state index contributed by atoms with van der Waals surface area (Å²) in [4.78, 5) is 14.0. The molecule has 4 nitrogen and oxygen atoms in total. The Morgan fingerprint density at radius 3 is 2.85 bits per heavy atom. The summed E-state index contributed by atoms with van der Waals surface area (Å²) in [6.07, 6.45) is 0.230. The van der Waals surface area contributed by atoms with Crippen molar-refractivity contribution < 1.29 is 13.9 Å². The van der Waals surface area contributed by atoms with Crippen LogP contribution < -0.4 is 5.73 Å². The fraction of sp³-hybridized carbons (Fsp3) is 0.250. The molecule has 1 rings (SSSR count). The summed E-state index contributed by atoms with van der Waals surface area (Å²) in [5, 5.41) is 0. The number of rotatable bonds is 2. The van der Waals surface area contributed by atoms with Gasteiger partial charge in [0.05, 0.1) is 0 Å². The van der Waals surface area contributed by atoms with Gasteiger partial charge in [-0.05, 0) is 12.1 Å². The quantitative estimate of drug-likeness (QED) is 0.753. The highest BCUT2D eigenvalue weighted by molar-refractivity contribution is 5.65. The van der Waals surface area contributed by atoms with E-state index in [0.717, 1.165) is 6.92 Å². The molecule has 5 heteroatoms. The maximum Gasteiger partial charge on any atom is 0.407 e. The summed E-state index contributed by atoms with van der Waals surface area (Å²) < 4.78 is 17.7. The van der Waals surface area contributed by atoms with Crippen LogP contribution >= 0.6 is 0 Å². The number of nitrogens with two attached hydrogens (primary N) is 1. The Labute approximate surface area is 74.5 Å². The van der Waals surface area contributed by atoms with Gasteiger partial charge >= 0.3 is 6.09 Å². The molecule has 1 amide bonds. The van der Waals surface area contributed by atoms with Crippen LogP contribution in [0.25, 0.3) is 0 Å². The first-order chi connectivity index (χ1) is 6.02. The third kappa shape index (κ3) is 2.40. The molecule has 0 aliphatic heterocycles. The zero-order chi connectivity index (χ0) is 9.90. The van der Waals surface area contributed by atoms with Gasteiger partial charge in [-0.3, -0.25) is 4.98 Å². The number of hydrogen-bond acceptors (Lipinski definition) is 3. The van der Waals surface area contributed by atoms with Crippen LogP contribution in [0.1, 0.15) is 12.6 Å². The van der Waals surface area contributed by atoms with E-state index in [-0.39, 0.29) is 5.69 Å². The average molecular weight is 184 g/mol. The normalized spacial score (nSPS) is 14.6. The Balaban J connectivity index is 2.87. The Bertz CT molecular complexity index is 300. The number of carbonyl (C=O) groups is 1. The minimum atomic E-state index is -2.27. The molecule has 0 spiro atoms. The van der Waals surface area contributed by atoms with Crippen molar-refractivity contribution in [3.05, 3.63) is 30.1 Å². The summed E-state index contributed by atoms with van der Waals surface area (Å²) in [5.41, 5.74) is 4.70. The van der Waals surface area contributed by atoms with Crippen LogP contribution in [0.2, 0.25) is 0 Å². The monoisotopic (exact) mass is 184 g/mol. The molecule has 70 valence electrons. The van der Waals surface area contributed by atoms with Crippen LogP contribution in [0.3, 0.4) is 0 Å². The van der Waals surface area contributed by atoms with Crippen molar-refractivity contribution in [3.63, 3.8) is 0 Å². The third-order valence-corrected chi connectivity index (χ3v) is 1.41. The number of primary amides is 1. The summed E-state index contributed by atoms with van der Waals surface area (Å²) in [7, 11) is 0. The number of carbonyl (C=O) groups excluding carboxylic acids is 1. The van der Waals surface area contributed by atoms with Crippen molar-refractivity contribution in [2.45, 2.75) is 12.8 Å². The van der Waals surface area contributed by atoms with E-state index in [1.165, 1.54) is 12.3 Å². The molecule has 0 saturated carbocycles. The molecule has 1 unspecified atom stereocenters. The van der Waals surface area contributed by atoms with Gasteiger partial charge in [-0.25, -0.2) is 4.79 Å². The van der Waals surface area contributed by atoms with E-state index in [1.54, 1.807) is 12.1 Å². The minimum absolute atomic E-state index is 0.00815. The number of alkyl halides is 1. The molecule has 0 aromatic carbocycles. The highest BCUT2D eigenvalue weighted by Gasteiger charge is 2.30. The highest BCUT2D eigenvalue weighted by atomic mass is 19.2. The van der Waals surface area contributed by atoms with E-state index >= 15 is 0 Å². The summed E-state index contributed by atoms with van der Waals surface area (Å²) in [6, 6.07) is 4.62. The molecule has 1 aromatic rings. The zero-order valence-electron chi connectivity index (χ0n) is 7.03. The Hall–Kier alpha value is -1.65. The molecular formula is C8H9FN2O2. The number of ether oxygens (including phenoxy) is 1. The minimum Gasteiger partial charge on any atom is -0.407 e. The van der Waals surface area contributed by atoms with Gasteiger partial charge in [0, 0.05) is 13.1 Å². The lowest BCUT2D eigenvalue weighted by Crippen LogP contribution is -2.28. The van der Waals surface area contributed by atoms with Crippen molar-refractivity contribution in [3.8, 4) is 0 Å². The first-order valence-corrected chi connectivity index (χ1v) is 3.61. The topological polar surface area (TPSA) is 65.2 Å². The highest BCUT2D eigenvalue weighted by Crippen LogP contribution is 2.24. The summed E-state index contributed by atoms with van der Waals surface area (Å²) in [5.74, 6) is -2.27. The van der Waals surface area contributed by atoms with Crippen LogP contribution in [-0.2, 0) is 10.6 Å². The molecule has 1 heterocycles. The second-order valence-electron chi connectivity index (χ2n) is 2.55. The van der Waals surface area contributed by atoms with E-state index in [2.05, 4.69) is 15.5 Å². The lowest BCUT2D eigenvalue weighted by molar-refractivity contribution is -0.0860. The molecule has 1 aromatic heterocycles. The lowest BCUT2D eigenvalue weighted by Gasteiger charge is -2.18. The molecule has 0 fully saturated rings. The fourth-order valence-electron chi connectivity index (χ4n) is 0.868. The van der Waals surface area contributed by atoms with Gasteiger partial charge in [0.15, 0.2) is 0 Å². The predicted octanol–water partition coefficient (Wildman–Crippen LogP) is 1.32. The molecule has 0 radical (unpaired) electrons. The maximum atomic E-state index is 13.5. The van der Waals surface area contributed by atoms with Gasteiger partial charge < -0.3 is 10.5 Å². The van der Waals surface area contributed by atoms with Gasteiger partial charge in [-0.2, -0.15) is 4.39 Å². The van der Waals surface area contributed by atoms with Crippen molar-refractivity contribution in [2.24, 2.45) is 5.73 Å². The van der Waals surface area contributed by atoms with Crippen LogP contribution in [0.15, 0.2) is 24.4 Å². The average Bonchev–Trinajstić information content (AvgIpc) is 2.04. The Morgan fingerprint density at radius 1 is 1.69 bits per heavy atom. The molecule has 13 heavy (non-hydrogen) atoms. The molecule has 0 saturated heterocycles. The van der Waals surface area contributed by atoms with E-state index in [0.29, 0.717) is 0 Å². The number of amides is 1. The smallest absolute Gasteiger partial charge is 0.407 e. The molecule has 0 aliphatic carbocycles. The first kappa shape index (κ1) is 9.44. The molecule has 0 bridgehead atoms. The van der Waals surface area contributed by atoms with Gasteiger partial charge in [0.1, 0.15) is 5.69 Å². The standard InChI is InChI=1S/C8H9FN2O2/c1-8(9,13-7(10)12)6-4-2-3-5-11-6/h2-5H,1H3,(H2,10,12). The molecular weight excluding hydrogens is 175 g/mol. The van der Waals surface area contributed by atoms with Gasteiger partial charge in [-0.1, -0.05) is 6.07 Å². The van der Waals surface area contributed by atoms with E-state index < -0.39 is 11.9 Å². The van der Waals surface area contributed by atoms with Crippen LogP contribution in [-0.4, -0.2) is 11.1 Å². The number of aromatic nitrogens is 1. The number of hydrogen-bond donors (Lipinski definition) is 1. The number of pyridine rings is 1. The second-order valence-corrected chi connectivity index (χ2v) is 2.55. The SMILES string of the molecule is CC(F)(OC(N)=O)c1ccccn1. The van der Waals surface area contributed by atoms with Crippen LogP contribution in [0, 0.1) is 0 Å². The number of nitrogens with zero attached hydrogens (tertiary/aromatic N) is 1. The lowest BCUT2D eigenvalue weighted by atomic mass is 10.2. The van der Waals surface area contributed by atoms with Crippen LogP contribution in [0.5, 0.6) is 0 Å². The van der Waals surface area contributed by atoms with E-state index in [4.69, 9.17) is 0 Å². The van der Waals surface area contributed by atoms with Crippen LogP contribution in [0.4, 0.5) is 9.18 Å². The van der Waals surface area contributed by atoms with Crippen molar-refractivity contribution >= 4 is 6.09 Å². The van der Waals surface area contributed by atoms with Crippen molar-refractivity contribution in [2.75, 3.05) is 0 Å². The maximum absolute atomic E-state index is 13.5. The Morgan fingerprint density at radius 2 is 2.38 bits per heavy atom. The fourth-order valence-corrected chi connectivity index (χ4v) is 0.868. The molecule has 1 atom stereocenters. The van der Waals surface area contributed by atoms with E-state index in [1.807, 2.05) is 0 Å². The van der Waals surface area contributed by atoms with Crippen molar-refractivity contribution in [1.82, 2.24) is 4.98 Å². The van der Waals surface area contributed by atoms with Gasteiger partial charge in [0.2, 0.25) is 0 Å². The first-order valence-electron chi connectivity index (χ1n) is 3.61. The van der Waals surface area contributed by atoms with Crippen molar-refractivity contribution in [1.29, 1.82) is 0 Å². The van der Waals surface area contributed by atoms with E-state index in [9.17, 15) is 9.18 Å². The summed E-state index contributed by atoms with van der Waals surface area (Å²) >= 11 is 0. The third-order valence-electron chi connectivity index (χ3n) is 1.41. The molecule has 0 aliphatic rings.